The quantitative estimate of drug-likeness (QED) is 0.723. The SMILES string of the molecule is CCn1cc(OC(=O)Nc2cccc(C)c2)c2cc(OC)c(OC)cc2c1=O. The van der Waals surface area contributed by atoms with E-state index in [-0.39, 0.29) is 11.3 Å². The van der Waals surface area contributed by atoms with Gasteiger partial charge in [-0.25, -0.2) is 4.79 Å². The highest BCUT2D eigenvalue weighted by Gasteiger charge is 2.17. The molecule has 3 aromatic rings. The van der Waals surface area contributed by atoms with Gasteiger partial charge in [0.15, 0.2) is 17.2 Å². The third-order valence-corrected chi connectivity index (χ3v) is 4.36. The van der Waals surface area contributed by atoms with Gasteiger partial charge in [-0.05, 0) is 43.7 Å². The Morgan fingerprint density at radius 1 is 1.04 bits per heavy atom. The van der Waals surface area contributed by atoms with Crippen molar-refractivity contribution in [2.75, 3.05) is 19.5 Å². The molecule has 1 amide bonds. The summed E-state index contributed by atoms with van der Waals surface area (Å²) in [4.78, 5) is 25.1. The number of carbonyl (C=O) groups excluding carboxylic acids is 1. The Morgan fingerprint density at radius 3 is 2.32 bits per heavy atom. The fourth-order valence-electron chi connectivity index (χ4n) is 2.97. The molecule has 7 nitrogen and oxygen atoms in total. The van der Waals surface area contributed by atoms with Gasteiger partial charge in [0, 0.05) is 17.6 Å². The maximum Gasteiger partial charge on any atom is 0.417 e. The number of anilines is 1. The molecule has 146 valence electrons. The van der Waals surface area contributed by atoms with Crippen molar-refractivity contribution in [3.63, 3.8) is 0 Å². The van der Waals surface area contributed by atoms with Gasteiger partial charge in [-0.15, -0.1) is 0 Å². The van der Waals surface area contributed by atoms with E-state index in [1.165, 1.54) is 25.0 Å². The molecular formula is C21H22N2O5. The maximum absolute atomic E-state index is 12.7. The number of benzene rings is 2. The zero-order valence-corrected chi connectivity index (χ0v) is 16.2. The Kier molecular flexibility index (Phi) is 5.54. The van der Waals surface area contributed by atoms with E-state index in [9.17, 15) is 9.59 Å². The minimum Gasteiger partial charge on any atom is -0.493 e. The average molecular weight is 382 g/mol. The lowest BCUT2D eigenvalue weighted by Crippen LogP contribution is -2.22. The third-order valence-electron chi connectivity index (χ3n) is 4.36. The van der Waals surface area contributed by atoms with Crippen molar-refractivity contribution >= 4 is 22.6 Å². The molecule has 1 aromatic heterocycles. The number of aromatic nitrogens is 1. The summed E-state index contributed by atoms with van der Waals surface area (Å²) in [5, 5.41) is 3.53. The smallest absolute Gasteiger partial charge is 0.417 e. The second-order valence-electron chi connectivity index (χ2n) is 6.22. The van der Waals surface area contributed by atoms with Gasteiger partial charge in [-0.1, -0.05) is 12.1 Å². The number of aryl methyl sites for hydroxylation is 2. The number of hydrogen-bond acceptors (Lipinski definition) is 5. The number of nitrogens with zero attached hydrogens (tertiary/aromatic N) is 1. The van der Waals surface area contributed by atoms with Gasteiger partial charge in [-0.3, -0.25) is 10.1 Å². The molecule has 0 radical (unpaired) electrons. The van der Waals surface area contributed by atoms with Crippen LogP contribution in [0.1, 0.15) is 12.5 Å². The van der Waals surface area contributed by atoms with Gasteiger partial charge in [0.1, 0.15) is 0 Å². The fraction of sp³-hybridized carbons (Fsp3) is 0.238. The number of amides is 1. The standard InChI is InChI=1S/C21H22N2O5/c1-5-23-12-19(28-21(25)22-14-8-6-7-13(2)9-14)15-10-17(26-3)18(27-4)11-16(15)20(23)24/h6-12H,5H2,1-4H3,(H,22,25). The van der Waals surface area contributed by atoms with Crippen LogP contribution < -0.4 is 25.1 Å². The zero-order valence-electron chi connectivity index (χ0n) is 16.2. The van der Waals surface area contributed by atoms with Crippen LogP contribution >= 0.6 is 0 Å². The summed E-state index contributed by atoms with van der Waals surface area (Å²) in [5.74, 6) is 1.12. The lowest BCUT2D eigenvalue weighted by molar-refractivity contribution is 0.215. The van der Waals surface area contributed by atoms with E-state index in [0.29, 0.717) is 34.5 Å². The second kappa shape index (κ2) is 8.04. The summed E-state index contributed by atoms with van der Waals surface area (Å²) in [5.41, 5.74) is 1.43. The lowest BCUT2D eigenvalue weighted by Gasteiger charge is -2.14. The number of nitrogens with one attached hydrogen (secondary N) is 1. The fourth-order valence-corrected chi connectivity index (χ4v) is 2.97. The summed E-state index contributed by atoms with van der Waals surface area (Å²) in [6, 6.07) is 10.6. The molecule has 28 heavy (non-hydrogen) atoms. The molecule has 0 aliphatic rings. The molecule has 0 spiro atoms. The van der Waals surface area contributed by atoms with Crippen molar-refractivity contribution < 1.29 is 19.0 Å². The first-order valence-electron chi connectivity index (χ1n) is 8.81. The summed E-state index contributed by atoms with van der Waals surface area (Å²) in [7, 11) is 3.00. The van der Waals surface area contributed by atoms with E-state index in [1.54, 1.807) is 18.2 Å². The molecule has 0 fully saturated rings. The topological polar surface area (TPSA) is 78.8 Å². The average Bonchev–Trinajstić information content (AvgIpc) is 2.69. The highest BCUT2D eigenvalue weighted by molar-refractivity contribution is 5.94. The van der Waals surface area contributed by atoms with Crippen LogP contribution in [0.2, 0.25) is 0 Å². The highest BCUT2D eigenvalue weighted by atomic mass is 16.6. The summed E-state index contributed by atoms with van der Waals surface area (Å²) in [6.07, 6.45) is 0.870. The number of methoxy groups -OCH3 is 2. The summed E-state index contributed by atoms with van der Waals surface area (Å²) in [6.45, 7) is 4.20. The van der Waals surface area contributed by atoms with Crippen LogP contribution in [0.3, 0.4) is 0 Å². The predicted molar refractivity (Wildman–Crippen MR) is 108 cm³/mol. The Morgan fingerprint density at radius 2 is 1.71 bits per heavy atom. The van der Waals surface area contributed by atoms with Gasteiger partial charge in [0.2, 0.25) is 0 Å². The van der Waals surface area contributed by atoms with E-state index < -0.39 is 6.09 Å². The molecule has 0 aliphatic heterocycles. The number of pyridine rings is 1. The summed E-state index contributed by atoms with van der Waals surface area (Å²) >= 11 is 0. The number of ether oxygens (including phenoxy) is 3. The first-order chi connectivity index (χ1) is 13.5. The van der Waals surface area contributed by atoms with Gasteiger partial charge in [0.05, 0.1) is 25.8 Å². The van der Waals surface area contributed by atoms with Crippen molar-refractivity contribution in [3.05, 3.63) is 58.5 Å². The minimum atomic E-state index is -0.650. The number of hydrogen-bond donors (Lipinski definition) is 1. The van der Waals surface area contributed by atoms with Gasteiger partial charge >= 0.3 is 6.09 Å². The largest absolute Gasteiger partial charge is 0.493 e. The van der Waals surface area contributed by atoms with Crippen LogP contribution in [0.15, 0.2) is 47.4 Å². The molecular weight excluding hydrogens is 360 g/mol. The maximum atomic E-state index is 12.7. The van der Waals surface area contributed by atoms with E-state index in [2.05, 4.69) is 5.32 Å². The first kappa shape index (κ1) is 19.3. The van der Waals surface area contributed by atoms with Gasteiger partial charge in [0.25, 0.3) is 5.56 Å². The zero-order chi connectivity index (χ0) is 20.3. The number of fused-ring (bicyclic) bond motifs is 1. The van der Waals surface area contributed by atoms with Crippen LogP contribution in [0.25, 0.3) is 10.8 Å². The van der Waals surface area contributed by atoms with Crippen molar-refractivity contribution in [1.29, 1.82) is 0 Å². The van der Waals surface area contributed by atoms with Crippen LogP contribution in [0.5, 0.6) is 17.2 Å². The molecule has 0 atom stereocenters. The molecule has 0 saturated heterocycles. The Bertz CT molecular complexity index is 1090. The number of carbonyl (C=O) groups is 1. The van der Waals surface area contributed by atoms with Crippen LogP contribution in [0.4, 0.5) is 10.5 Å². The van der Waals surface area contributed by atoms with Crippen molar-refractivity contribution in [2.45, 2.75) is 20.4 Å². The van der Waals surface area contributed by atoms with E-state index in [1.807, 2.05) is 32.0 Å². The lowest BCUT2D eigenvalue weighted by atomic mass is 10.1. The van der Waals surface area contributed by atoms with E-state index in [4.69, 9.17) is 14.2 Å². The van der Waals surface area contributed by atoms with Crippen LogP contribution in [0, 0.1) is 6.92 Å². The molecule has 0 bridgehead atoms. The van der Waals surface area contributed by atoms with Gasteiger partial charge < -0.3 is 18.8 Å². The normalized spacial score (nSPS) is 10.6. The molecule has 1 heterocycles. The van der Waals surface area contributed by atoms with Crippen LogP contribution in [-0.2, 0) is 6.54 Å². The Labute approximate surface area is 162 Å². The molecule has 2 aromatic carbocycles. The molecule has 0 unspecified atom stereocenters. The molecule has 1 N–H and O–H groups in total. The van der Waals surface area contributed by atoms with E-state index >= 15 is 0 Å². The Balaban J connectivity index is 2.05. The second-order valence-corrected chi connectivity index (χ2v) is 6.22. The number of rotatable bonds is 5. The molecule has 3 rings (SSSR count). The first-order valence-corrected chi connectivity index (χ1v) is 8.81. The molecule has 0 saturated carbocycles. The molecule has 7 heteroatoms. The Hall–Kier alpha value is -3.48. The molecule has 0 aliphatic carbocycles. The van der Waals surface area contributed by atoms with Crippen LogP contribution in [-0.4, -0.2) is 24.9 Å². The third kappa shape index (κ3) is 3.78. The van der Waals surface area contributed by atoms with Crippen molar-refractivity contribution in [2.24, 2.45) is 0 Å². The highest BCUT2D eigenvalue weighted by Crippen LogP contribution is 2.35. The predicted octanol–water partition coefficient (Wildman–Crippen LogP) is 3.96. The minimum absolute atomic E-state index is 0.204. The summed E-state index contributed by atoms with van der Waals surface area (Å²) < 4.78 is 17.6. The van der Waals surface area contributed by atoms with Crippen molar-refractivity contribution in [3.8, 4) is 17.2 Å². The van der Waals surface area contributed by atoms with Gasteiger partial charge in [-0.2, -0.15) is 0 Å². The monoisotopic (exact) mass is 382 g/mol. The van der Waals surface area contributed by atoms with Crippen molar-refractivity contribution in [1.82, 2.24) is 4.57 Å². The van der Waals surface area contributed by atoms with E-state index in [0.717, 1.165) is 5.56 Å².